The Morgan fingerprint density at radius 3 is 2.62 bits per heavy atom. The normalized spacial score (nSPS) is 15.1. The van der Waals surface area contributed by atoms with Crippen LogP contribution >= 0.6 is 0 Å². The van der Waals surface area contributed by atoms with Gasteiger partial charge in [-0.2, -0.15) is 0 Å². The second-order valence-electron chi connectivity index (χ2n) is 4.34. The van der Waals surface area contributed by atoms with Crippen LogP contribution in [0.2, 0.25) is 0 Å². The first-order valence-electron chi connectivity index (χ1n) is 5.86. The van der Waals surface area contributed by atoms with Gasteiger partial charge in [-0.05, 0) is 37.7 Å². The lowest BCUT2D eigenvalue weighted by Crippen LogP contribution is -2.05. The molecule has 0 aromatic heterocycles. The minimum absolute atomic E-state index is 0.285. The molecule has 0 aromatic carbocycles. The molecule has 0 saturated heterocycles. The van der Waals surface area contributed by atoms with Crippen molar-refractivity contribution in [1.82, 2.24) is 0 Å². The third kappa shape index (κ3) is 8.05. The summed E-state index contributed by atoms with van der Waals surface area (Å²) in [5, 5.41) is 0. The number of Topliss-reactive ketones (excluding diaryl/α,β-unsaturated/α-hetero) is 1. The van der Waals surface area contributed by atoms with Gasteiger partial charge in [-0.1, -0.05) is 38.0 Å². The molecular formula is C15H22O. The van der Waals surface area contributed by atoms with Crippen LogP contribution in [-0.4, -0.2) is 5.78 Å². The van der Waals surface area contributed by atoms with Crippen molar-refractivity contribution in [3.8, 4) is 12.3 Å². The minimum atomic E-state index is 0.285. The van der Waals surface area contributed by atoms with Crippen LogP contribution in [-0.2, 0) is 4.79 Å². The first-order valence-corrected chi connectivity index (χ1v) is 5.86. The Bertz CT molecular complexity index is 291. The maximum atomic E-state index is 10.8. The van der Waals surface area contributed by atoms with Crippen LogP contribution in [0.1, 0.15) is 40.0 Å². The summed E-state index contributed by atoms with van der Waals surface area (Å²) >= 11 is 0. The monoisotopic (exact) mass is 218 g/mol. The van der Waals surface area contributed by atoms with Gasteiger partial charge in [0.25, 0.3) is 0 Å². The molecule has 0 bridgehead atoms. The second kappa shape index (κ2) is 8.97. The number of carbonyl (C=O) groups excluding carboxylic acids is 1. The Kier molecular flexibility index (Phi) is 8.25. The molecule has 0 amide bonds. The summed E-state index contributed by atoms with van der Waals surface area (Å²) in [4.78, 5) is 10.8. The Labute approximate surface area is 99.6 Å². The van der Waals surface area contributed by atoms with Crippen molar-refractivity contribution in [1.29, 1.82) is 0 Å². The molecule has 0 fully saturated rings. The van der Waals surface area contributed by atoms with Crippen molar-refractivity contribution in [2.75, 3.05) is 0 Å². The highest BCUT2D eigenvalue weighted by Crippen LogP contribution is 2.19. The average molecular weight is 218 g/mol. The zero-order valence-electron chi connectivity index (χ0n) is 10.6. The first-order chi connectivity index (χ1) is 7.57. The molecule has 0 unspecified atom stereocenters. The topological polar surface area (TPSA) is 17.1 Å². The molecule has 0 radical (unpaired) electrons. The number of carbonyl (C=O) groups is 1. The van der Waals surface area contributed by atoms with E-state index in [9.17, 15) is 4.79 Å². The maximum absolute atomic E-state index is 10.8. The third-order valence-electron chi connectivity index (χ3n) is 2.80. The minimum Gasteiger partial charge on any atom is -0.300 e. The predicted molar refractivity (Wildman–Crippen MR) is 70.0 cm³/mol. The van der Waals surface area contributed by atoms with Crippen LogP contribution in [0.5, 0.6) is 0 Å². The lowest BCUT2D eigenvalue weighted by Gasteiger charge is -2.15. The SMILES string of the molecule is C#C/C=C/C=C/[C@@H](C)[C@@H](C)CCCC(C)=O. The summed E-state index contributed by atoms with van der Waals surface area (Å²) in [5.74, 6) is 3.86. The van der Waals surface area contributed by atoms with Gasteiger partial charge in [-0.3, -0.25) is 0 Å². The summed E-state index contributed by atoms with van der Waals surface area (Å²) in [6.45, 7) is 6.07. The van der Waals surface area contributed by atoms with E-state index in [1.165, 1.54) is 0 Å². The number of ketones is 1. The molecule has 0 N–H and O–H groups in total. The fraction of sp³-hybridized carbons (Fsp3) is 0.533. The number of rotatable bonds is 7. The highest BCUT2D eigenvalue weighted by Gasteiger charge is 2.08. The molecule has 0 saturated carbocycles. The van der Waals surface area contributed by atoms with E-state index in [1.54, 1.807) is 13.0 Å². The molecule has 0 spiro atoms. The third-order valence-corrected chi connectivity index (χ3v) is 2.80. The van der Waals surface area contributed by atoms with E-state index in [-0.39, 0.29) is 5.78 Å². The van der Waals surface area contributed by atoms with E-state index in [0.29, 0.717) is 18.3 Å². The van der Waals surface area contributed by atoms with Crippen LogP contribution < -0.4 is 0 Å². The van der Waals surface area contributed by atoms with Crippen LogP contribution in [0.25, 0.3) is 0 Å². The molecule has 1 nitrogen and oxygen atoms in total. The first kappa shape index (κ1) is 14.7. The van der Waals surface area contributed by atoms with Gasteiger partial charge in [0, 0.05) is 6.42 Å². The predicted octanol–water partition coefficient (Wildman–Crippen LogP) is 3.76. The Morgan fingerprint density at radius 2 is 2.06 bits per heavy atom. The van der Waals surface area contributed by atoms with Gasteiger partial charge in [0.2, 0.25) is 0 Å². The highest BCUT2D eigenvalue weighted by molar-refractivity contribution is 5.75. The summed E-state index contributed by atoms with van der Waals surface area (Å²) in [5.41, 5.74) is 0. The van der Waals surface area contributed by atoms with Crippen molar-refractivity contribution in [3.05, 3.63) is 24.3 Å². The molecule has 0 heterocycles. The molecule has 88 valence electrons. The lowest BCUT2D eigenvalue weighted by molar-refractivity contribution is -0.117. The van der Waals surface area contributed by atoms with Gasteiger partial charge in [0.15, 0.2) is 0 Å². The van der Waals surface area contributed by atoms with E-state index in [4.69, 9.17) is 6.42 Å². The van der Waals surface area contributed by atoms with Crippen LogP contribution in [0.15, 0.2) is 24.3 Å². The van der Waals surface area contributed by atoms with Crippen LogP contribution in [0.4, 0.5) is 0 Å². The average Bonchev–Trinajstić information content (AvgIpc) is 2.23. The van der Waals surface area contributed by atoms with E-state index in [1.807, 2.05) is 12.2 Å². The van der Waals surface area contributed by atoms with Crippen molar-refractivity contribution in [2.24, 2.45) is 11.8 Å². The van der Waals surface area contributed by atoms with Crippen LogP contribution in [0.3, 0.4) is 0 Å². The molecule has 0 aliphatic carbocycles. The molecule has 16 heavy (non-hydrogen) atoms. The van der Waals surface area contributed by atoms with Gasteiger partial charge in [-0.25, -0.2) is 0 Å². The van der Waals surface area contributed by atoms with Crippen molar-refractivity contribution >= 4 is 5.78 Å². The summed E-state index contributed by atoms with van der Waals surface area (Å²) in [6.07, 6.45) is 15.6. The van der Waals surface area contributed by atoms with Gasteiger partial charge in [0.1, 0.15) is 5.78 Å². The molecule has 0 aromatic rings. The Morgan fingerprint density at radius 1 is 1.38 bits per heavy atom. The zero-order chi connectivity index (χ0) is 12.4. The fourth-order valence-corrected chi connectivity index (χ4v) is 1.48. The van der Waals surface area contributed by atoms with Crippen molar-refractivity contribution in [3.63, 3.8) is 0 Å². The fourth-order valence-electron chi connectivity index (χ4n) is 1.48. The lowest BCUT2D eigenvalue weighted by atomic mass is 9.90. The smallest absolute Gasteiger partial charge is 0.129 e. The van der Waals surface area contributed by atoms with E-state index < -0.39 is 0 Å². The van der Waals surface area contributed by atoms with Crippen LogP contribution in [0, 0.1) is 24.2 Å². The van der Waals surface area contributed by atoms with Crippen molar-refractivity contribution < 1.29 is 4.79 Å². The zero-order valence-corrected chi connectivity index (χ0v) is 10.6. The largest absolute Gasteiger partial charge is 0.300 e. The summed E-state index contributed by atoms with van der Waals surface area (Å²) < 4.78 is 0. The van der Waals surface area contributed by atoms with Gasteiger partial charge >= 0.3 is 0 Å². The number of hydrogen-bond donors (Lipinski definition) is 0. The maximum Gasteiger partial charge on any atom is 0.129 e. The standard InChI is InChI=1S/C15H22O/c1-5-6-7-8-10-13(2)14(3)11-9-12-15(4)16/h1,6-8,10,13-14H,9,11-12H2,2-4H3/b7-6+,10-8+/t13-,14+/m1/s1. The quantitative estimate of drug-likeness (QED) is 0.469. The number of terminal acetylenes is 1. The molecule has 0 aliphatic rings. The Hall–Kier alpha value is -1.29. The molecular weight excluding hydrogens is 196 g/mol. The van der Waals surface area contributed by atoms with Crippen molar-refractivity contribution in [2.45, 2.75) is 40.0 Å². The second-order valence-corrected chi connectivity index (χ2v) is 4.34. The van der Waals surface area contributed by atoms with Gasteiger partial charge in [0.05, 0.1) is 0 Å². The molecule has 2 atom stereocenters. The van der Waals surface area contributed by atoms with Gasteiger partial charge in [-0.15, -0.1) is 6.42 Å². The molecule has 0 aliphatic heterocycles. The van der Waals surface area contributed by atoms with E-state index >= 15 is 0 Å². The van der Waals surface area contributed by atoms with Gasteiger partial charge < -0.3 is 4.79 Å². The van der Waals surface area contributed by atoms with E-state index in [0.717, 1.165) is 12.8 Å². The summed E-state index contributed by atoms with van der Waals surface area (Å²) in [7, 11) is 0. The summed E-state index contributed by atoms with van der Waals surface area (Å²) in [6, 6.07) is 0. The molecule has 1 heteroatoms. The highest BCUT2D eigenvalue weighted by atomic mass is 16.1. The number of allylic oxidation sites excluding steroid dienone is 4. The Balaban J connectivity index is 3.85. The number of hydrogen-bond acceptors (Lipinski definition) is 1. The molecule has 0 rings (SSSR count). The van der Waals surface area contributed by atoms with E-state index in [2.05, 4.69) is 25.8 Å².